The van der Waals surface area contributed by atoms with Crippen molar-refractivity contribution in [1.29, 1.82) is 5.26 Å². The molecular weight excluding hydrogens is 304 g/mol. The highest BCUT2D eigenvalue weighted by Crippen LogP contribution is 2.46. The highest BCUT2D eigenvalue weighted by molar-refractivity contribution is 5.89. The summed E-state index contributed by atoms with van der Waals surface area (Å²) in [4.78, 5) is 28.3. The van der Waals surface area contributed by atoms with Crippen molar-refractivity contribution in [1.82, 2.24) is 19.9 Å². The van der Waals surface area contributed by atoms with Gasteiger partial charge in [-0.15, -0.1) is 0 Å². The standard InChI is InChI=1S/C17H20N6O/c1-22(15-13-2-7-19-14(13)20-11-21-15)12-3-8-23(9-4-12)16(24)17(10-18)5-6-17/h2,7,11-12H,3-6,8-9H2,1H3,(H,19,20,21). The van der Waals surface area contributed by atoms with Gasteiger partial charge in [0, 0.05) is 32.4 Å². The van der Waals surface area contributed by atoms with Crippen LogP contribution in [0.3, 0.4) is 0 Å². The molecule has 2 aromatic heterocycles. The number of nitrogens with one attached hydrogen (secondary N) is 1. The highest BCUT2D eigenvalue weighted by atomic mass is 16.2. The third-order valence-corrected chi connectivity index (χ3v) is 5.34. The fraction of sp³-hybridized carbons (Fsp3) is 0.529. The Morgan fingerprint density at radius 1 is 1.42 bits per heavy atom. The fourth-order valence-electron chi connectivity index (χ4n) is 3.57. The first-order chi connectivity index (χ1) is 11.6. The SMILES string of the molecule is CN(c1ncnc2[nH]ccc12)C1CCN(C(=O)C2(C#N)CC2)CC1. The summed E-state index contributed by atoms with van der Waals surface area (Å²) in [5, 5.41) is 10.2. The van der Waals surface area contributed by atoms with Gasteiger partial charge >= 0.3 is 0 Å². The van der Waals surface area contributed by atoms with Gasteiger partial charge in [-0.1, -0.05) is 0 Å². The molecule has 1 N–H and O–H groups in total. The summed E-state index contributed by atoms with van der Waals surface area (Å²) in [6, 6.07) is 4.53. The summed E-state index contributed by atoms with van der Waals surface area (Å²) >= 11 is 0. The quantitative estimate of drug-likeness (QED) is 0.928. The van der Waals surface area contributed by atoms with Crippen molar-refractivity contribution in [3.63, 3.8) is 0 Å². The van der Waals surface area contributed by atoms with E-state index in [1.165, 1.54) is 0 Å². The van der Waals surface area contributed by atoms with Crippen molar-refractivity contribution >= 4 is 22.8 Å². The van der Waals surface area contributed by atoms with E-state index < -0.39 is 5.41 Å². The number of anilines is 1. The second kappa shape index (κ2) is 5.48. The number of aromatic amines is 1. The number of nitriles is 1. The summed E-state index contributed by atoms with van der Waals surface area (Å²) in [5.41, 5.74) is 0.132. The van der Waals surface area contributed by atoms with E-state index in [0.717, 1.165) is 29.7 Å². The molecule has 2 aromatic rings. The topological polar surface area (TPSA) is 88.9 Å². The number of carbonyl (C=O) groups is 1. The molecule has 2 aliphatic rings. The fourth-order valence-corrected chi connectivity index (χ4v) is 3.57. The molecule has 1 amide bonds. The first-order valence-corrected chi connectivity index (χ1v) is 8.36. The molecule has 0 bridgehead atoms. The Kier molecular flexibility index (Phi) is 3.41. The molecule has 7 heteroatoms. The molecule has 0 unspecified atom stereocenters. The lowest BCUT2D eigenvalue weighted by Gasteiger charge is -2.38. The number of amides is 1. The Balaban J connectivity index is 1.45. The summed E-state index contributed by atoms with van der Waals surface area (Å²) in [7, 11) is 2.05. The molecule has 1 aliphatic carbocycles. The van der Waals surface area contributed by atoms with Crippen LogP contribution in [0.25, 0.3) is 11.0 Å². The number of aromatic nitrogens is 3. The summed E-state index contributed by atoms with van der Waals surface area (Å²) in [5.74, 6) is 0.947. The van der Waals surface area contributed by atoms with Gasteiger partial charge in [0.2, 0.25) is 5.91 Å². The molecule has 124 valence electrons. The third-order valence-electron chi connectivity index (χ3n) is 5.34. The summed E-state index contributed by atoms with van der Waals surface area (Å²) in [6.07, 6.45) is 6.66. The summed E-state index contributed by atoms with van der Waals surface area (Å²) in [6.45, 7) is 1.41. The van der Waals surface area contributed by atoms with Crippen LogP contribution in [-0.4, -0.2) is 51.9 Å². The van der Waals surface area contributed by atoms with E-state index >= 15 is 0 Å². The Bertz CT molecular complexity index is 810. The molecule has 7 nitrogen and oxygen atoms in total. The average molecular weight is 324 g/mol. The van der Waals surface area contributed by atoms with Crippen LogP contribution in [0.5, 0.6) is 0 Å². The average Bonchev–Trinajstić information content (AvgIpc) is 3.29. The van der Waals surface area contributed by atoms with Gasteiger partial charge in [-0.3, -0.25) is 4.79 Å². The number of carbonyl (C=O) groups excluding carboxylic acids is 1. The zero-order chi connectivity index (χ0) is 16.7. The number of likely N-dealkylation sites (tertiary alicyclic amines) is 1. The van der Waals surface area contributed by atoms with E-state index in [-0.39, 0.29) is 5.91 Å². The van der Waals surface area contributed by atoms with Gasteiger partial charge in [-0.05, 0) is 31.7 Å². The van der Waals surface area contributed by atoms with Gasteiger partial charge < -0.3 is 14.8 Å². The Morgan fingerprint density at radius 3 is 2.83 bits per heavy atom. The smallest absolute Gasteiger partial charge is 0.243 e. The molecule has 0 spiro atoms. The monoisotopic (exact) mass is 324 g/mol. The van der Waals surface area contributed by atoms with Gasteiger partial charge in [0.1, 0.15) is 23.2 Å². The van der Waals surface area contributed by atoms with Gasteiger partial charge in [0.15, 0.2) is 0 Å². The first-order valence-electron chi connectivity index (χ1n) is 8.36. The normalized spacial score (nSPS) is 19.9. The van der Waals surface area contributed by atoms with Crippen molar-refractivity contribution in [2.24, 2.45) is 5.41 Å². The van der Waals surface area contributed by atoms with Crippen LogP contribution >= 0.6 is 0 Å². The number of nitrogens with zero attached hydrogens (tertiary/aromatic N) is 5. The van der Waals surface area contributed by atoms with Crippen molar-refractivity contribution < 1.29 is 4.79 Å². The Labute approximate surface area is 140 Å². The van der Waals surface area contributed by atoms with E-state index in [0.29, 0.717) is 32.0 Å². The Morgan fingerprint density at radius 2 is 2.17 bits per heavy atom. The summed E-state index contributed by atoms with van der Waals surface area (Å²) < 4.78 is 0. The van der Waals surface area contributed by atoms with Gasteiger partial charge in [0.05, 0.1) is 11.5 Å². The van der Waals surface area contributed by atoms with Crippen molar-refractivity contribution in [2.75, 3.05) is 25.0 Å². The lowest BCUT2D eigenvalue weighted by Crippen LogP contribution is -2.47. The van der Waals surface area contributed by atoms with Gasteiger partial charge in [-0.25, -0.2) is 9.97 Å². The molecule has 24 heavy (non-hydrogen) atoms. The van der Waals surface area contributed by atoms with E-state index in [4.69, 9.17) is 0 Å². The van der Waals surface area contributed by atoms with Crippen molar-refractivity contribution in [3.05, 3.63) is 18.6 Å². The van der Waals surface area contributed by atoms with E-state index in [2.05, 4.69) is 33.0 Å². The Hall–Kier alpha value is -2.62. The van der Waals surface area contributed by atoms with E-state index in [1.807, 2.05) is 17.2 Å². The van der Waals surface area contributed by atoms with E-state index in [1.54, 1.807) is 6.33 Å². The molecule has 0 radical (unpaired) electrons. The van der Waals surface area contributed by atoms with Crippen LogP contribution in [0.2, 0.25) is 0 Å². The lowest BCUT2D eigenvalue weighted by molar-refractivity contribution is -0.136. The van der Waals surface area contributed by atoms with Crippen LogP contribution in [0.4, 0.5) is 5.82 Å². The van der Waals surface area contributed by atoms with Crippen LogP contribution in [0.15, 0.2) is 18.6 Å². The molecule has 0 atom stereocenters. The second-order valence-electron chi connectivity index (χ2n) is 6.77. The maximum absolute atomic E-state index is 12.5. The minimum atomic E-state index is -0.706. The molecular formula is C17H20N6O. The minimum Gasteiger partial charge on any atom is -0.356 e. The van der Waals surface area contributed by atoms with Gasteiger partial charge in [0.25, 0.3) is 0 Å². The maximum Gasteiger partial charge on any atom is 0.243 e. The zero-order valence-corrected chi connectivity index (χ0v) is 13.7. The number of hydrogen-bond acceptors (Lipinski definition) is 5. The van der Waals surface area contributed by atoms with Crippen molar-refractivity contribution in [2.45, 2.75) is 31.7 Å². The van der Waals surface area contributed by atoms with Crippen LogP contribution in [0.1, 0.15) is 25.7 Å². The van der Waals surface area contributed by atoms with Gasteiger partial charge in [-0.2, -0.15) is 5.26 Å². The number of rotatable bonds is 3. The predicted molar refractivity (Wildman–Crippen MR) is 89.2 cm³/mol. The highest BCUT2D eigenvalue weighted by Gasteiger charge is 2.52. The predicted octanol–water partition coefficient (Wildman–Crippen LogP) is 1.69. The first kappa shape index (κ1) is 14.9. The number of hydrogen-bond donors (Lipinski definition) is 1. The molecule has 2 fully saturated rings. The number of fused-ring (bicyclic) bond motifs is 1. The third kappa shape index (κ3) is 2.30. The lowest BCUT2D eigenvalue weighted by atomic mass is 10.00. The maximum atomic E-state index is 12.5. The second-order valence-corrected chi connectivity index (χ2v) is 6.77. The molecule has 1 aliphatic heterocycles. The number of H-pyrrole nitrogens is 1. The zero-order valence-electron chi connectivity index (χ0n) is 13.7. The van der Waals surface area contributed by atoms with Crippen LogP contribution < -0.4 is 4.90 Å². The molecule has 1 saturated heterocycles. The van der Waals surface area contributed by atoms with Crippen LogP contribution in [-0.2, 0) is 4.79 Å². The minimum absolute atomic E-state index is 0.0289. The van der Waals surface area contributed by atoms with Crippen molar-refractivity contribution in [3.8, 4) is 6.07 Å². The van der Waals surface area contributed by atoms with E-state index in [9.17, 15) is 10.1 Å². The largest absolute Gasteiger partial charge is 0.356 e. The molecule has 0 aromatic carbocycles. The molecule has 3 heterocycles. The molecule has 4 rings (SSSR count). The molecule has 1 saturated carbocycles. The number of piperidine rings is 1. The van der Waals surface area contributed by atoms with Crippen LogP contribution in [0, 0.1) is 16.7 Å².